The van der Waals surface area contributed by atoms with Crippen molar-refractivity contribution < 1.29 is 18.8 Å². The van der Waals surface area contributed by atoms with Crippen LogP contribution in [0.25, 0.3) is 0 Å². The van der Waals surface area contributed by atoms with Gasteiger partial charge in [-0.2, -0.15) is 0 Å². The molecule has 0 radical (unpaired) electrons. The lowest BCUT2D eigenvalue weighted by Gasteiger charge is -2.08. The molecule has 6 heteroatoms. The summed E-state index contributed by atoms with van der Waals surface area (Å²) in [5.74, 6) is -0.635. The summed E-state index contributed by atoms with van der Waals surface area (Å²) >= 11 is 0. The van der Waals surface area contributed by atoms with Gasteiger partial charge in [0.1, 0.15) is 18.0 Å². The van der Waals surface area contributed by atoms with Crippen LogP contribution in [0.1, 0.15) is 6.92 Å². The van der Waals surface area contributed by atoms with Crippen LogP contribution in [-0.4, -0.2) is 23.7 Å². The largest absolute Gasteiger partial charge is 0.484 e. The Balaban J connectivity index is 2.16. The van der Waals surface area contributed by atoms with Gasteiger partial charge < -0.3 is 9.47 Å². The monoisotopic (exact) mass is 227 g/mol. The first-order valence-electron chi connectivity index (χ1n) is 4.71. The van der Waals surface area contributed by atoms with Crippen LogP contribution < -0.4 is 4.74 Å². The third-order valence-corrected chi connectivity index (χ3v) is 2.29. The maximum absolute atomic E-state index is 12.9. The Kier molecular flexibility index (Phi) is 2.51. The molecule has 1 heterocycles. The van der Waals surface area contributed by atoms with Crippen LogP contribution in [0, 0.1) is 15.9 Å². The molecule has 0 aromatic heterocycles. The molecule has 0 N–H and O–H groups in total. The minimum Gasteiger partial charge on any atom is -0.484 e. The normalized spacial score (nSPS) is 22.9. The van der Waals surface area contributed by atoms with Gasteiger partial charge in [0.05, 0.1) is 11.5 Å². The molecule has 5 nitrogen and oxygen atoms in total. The Morgan fingerprint density at radius 2 is 2.38 bits per heavy atom. The van der Waals surface area contributed by atoms with Crippen LogP contribution in [0.5, 0.6) is 5.75 Å². The van der Waals surface area contributed by atoms with E-state index < -0.39 is 10.7 Å². The van der Waals surface area contributed by atoms with Gasteiger partial charge in [-0.1, -0.05) is 0 Å². The minimum atomic E-state index is -0.606. The summed E-state index contributed by atoms with van der Waals surface area (Å²) in [7, 11) is 0. The van der Waals surface area contributed by atoms with E-state index in [2.05, 4.69) is 0 Å². The van der Waals surface area contributed by atoms with Crippen LogP contribution >= 0.6 is 0 Å². The second kappa shape index (κ2) is 3.71. The second-order valence-electron chi connectivity index (χ2n) is 3.90. The van der Waals surface area contributed by atoms with Crippen LogP contribution in [0.15, 0.2) is 18.2 Å². The number of hydrogen-bond acceptors (Lipinski definition) is 4. The third kappa shape index (κ3) is 2.27. The molecule has 1 aromatic rings. The Labute approximate surface area is 90.9 Å². The number of halogens is 1. The topological polar surface area (TPSA) is 64.9 Å². The standard InChI is InChI=1S/C10H10FNO4/c1-10(6-16-10)5-15-9-4-7(11)2-3-8(9)12(13)14/h2-4H,5-6H2,1H3. The van der Waals surface area contributed by atoms with Crippen molar-refractivity contribution in [1.82, 2.24) is 0 Å². The van der Waals surface area contributed by atoms with E-state index in [1.165, 1.54) is 0 Å². The van der Waals surface area contributed by atoms with Gasteiger partial charge in [0, 0.05) is 12.1 Å². The molecule has 1 aliphatic heterocycles. The van der Waals surface area contributed by atoms with E-state index >= 15 is 0 Å². The molecule has 1 aromatic carbocycles. The maximum Gasteiger partial charge on any atom is 0.311 e. The quantitative estimate of drug-likeness (QED) is 0.447. The molecule has 86 valence electrons. The minimum absolute atomic E-state index is 0.0678. The highest BCUT2D eigenvalue weighted by atomic mass is 19.1. The number of benzene rings is 1. The van der Waals surface area contributed by atoms with E-state index in [0.717, 1.165) is 18.2 Å². The molecule has 0 saturated carbocycles. The summed E-state index contributed by atoms with van der Waals surface area (Å²) < 4.78 is 23.2. The third-order valence-electron chi connectivity index (χ3n) is 2.29. The van der Waals surface area contributed by atoms with E-state index in [1.807, 2.05) is 6.92 Å². The molecule has 1 fully saturated rings. The molecule has 1 saturated heterocycles. The van der Waals surface area contributed by atoms with Gasteiger partial charge in [-0.15, -0.1) is 0 Å². The van der Waals surface area contributed by atoms with Crippen molar-refractivity contribution in [1.29, 1.82) is 0 Å². The van der Waals surface area contributed by atoms with E-state index in [1.54, 1.807) is 0 Å². The molecule has 0 spiro atoms. The molecule has 2 rings (SSSR count). The average molecular weight is 227 g/mol. The van der Waals surface area contributed by atoms with Gasteiger partial charge in [0.15, 0.2) is 5.75 Å². The zero-order valence-corrected chi connectivity index (χ0v) is 8.60. The number of ether oxygens (including phenoxy) is 2. The maximum atomic E-state index is 12.9. The predicted octanol–water partition coefficient (Wildman–Crippen LogP) is 1.90. The van der Waals surface area contributed by atoms with Crippen molar-refractivity contribution in [2.45, 2.75) is 12.5 Å². The molecule has 1 unspecified atom stereocenters. The van der Waals surface area contributed by atoms with Gasteiger partial charge in [-0.3, -0.25) is 10.1 Å². The van der Waals surface area contributed by atoms with Gasteiger partial charge in [0.25, 0.3) is 0 Å². The molecule has 1 aliphatic rings. The van der Waals surface area contributed by atoms with Gasteiger partial charge in [-0.05, 0) is 13.0 Å². The van der Waals surface area contributed by atoms with Crippen LogP contribution in [0.4, 0.5) is 10.1 Å². The predicted molar refractivity (Wildman–Crippen MR) is 52.9 cm³/mol. The van der Waals surface area contributed by atoms with Gasteiger partial charge in [0.2, 0.25) is 0 Å². The summed E-state index contributed by atoms with van der Waals surface area (Å²) in [5.41, 5.74) is -0.633. The summed E-state index contributed by atoms with van der Waals surface area (Å²) in [6.07, 6.45) is 0. The molecular weight excluding hydrogens is 217 g/mol. The number of nitro groups is 1. The fourth-order valence-electron chi connectivity index (χ4n) is 1.19. The summed E-state index contributed by atoms with van der Waals surface area (Å²) in [6, 6.07) is 3.12. The average Bonchev–Trinajstić information content (AvgIpc) is 2.94. The Hall–Kier alpha value is -1.69. The lowest BCUT2D eigenvalue weighted by atomic mass is 10.2. The van der Waals surface area contributed by atoms with E-state index in [0.29, 0.717) is 6.61 Å². The number of epoxide rings is 1. The first-order chi connectivity index (χ1) is 7.50. The molecule has 1 atom stereocenters. The molecule has 0 amide bonds. The highest BCUT2D eigenvalue weighted by molar-refractivity contribution is 5.46. The summed E-state index contributed by atoms with van der Waals surface area (Å²) in [5, 5.41) is 10.6. The number of nitro benzene ring substituents is 1. The molecular formula is C10H10FNO4. The van der Waals surface area contributed by atoms with Crippen LogP contribution in [-0.2, 0) is 4.74 Å². The number of nitrogens with zero attached hydrogens (tertiary/aromatic N) is 1. The van der Waals surface area contributed by atoms with Crippen molar-refractivity contribution >= 4 is 5.69 Å². The van der Waals surface area contributed by atoms with Crippen molar-refractivity contribution in [3.63, 3.8) is 0 Å². The van der Waals surface area contributed by atoms with Gasteiger partial charge in [-0.25, -0.2) is 4.39 Å². The van der Waals surface area contributed by atoms with E-state index in [-0.39, 0.29) is 23.6 Å². The van der Waals surface area contributed by atoms with Crippen molar-refractivity contribution in [3.05, 3.63) is 34.1 Å². The smallest absolute Gasteiger partial charge is 0.311 e. The second-order valence-corrected chi connectivity index (χ2v) is 3.90. The molecule has 16 heavy (non-hydrogen) atoms. The first kappa shape index (κ1) is 10.8. The Morgan fingerprint density at radius 3 is 2.94 bits per heavy atom. The van der Waals surface area contributed by atoms with Crippen molar-refractivity contribution in [2.75, 3.05) is 13.2 Å². The molecule has 0 aliphatic carbocycles. The fraction of sp³-hybridized carbons (Fsp3) is 0.400. The van der Waals surface area contributed by atoms with Crippen molar-refractivity contribution in [2.24, 2.45) is 0 Å². The van der Waals surface area contributed by atoms with Crippen LogP contribution in [0.2, 0.25) is 0 Å². The zero-order chi connectivity index (χ0) is 11.8. The number of rotatable bonds is 4. The SMILES string of the molecule is CC1(COc2cc(F)ccc2[N+](=O)[O-])CO1. The number of hydrogen-bond donors (Lipinski definition) is 0. The highest BCUT2D eigenvalue weighted by Crippen LogP contribution is 2.31. The fourth-order valence-corrected chi connectivity index (χ4v) is 1.19. The Bertz CT molecular complexity index is 431. The highest BCUT2D eigenvalue weighted by Gasteiger charge is 2.40. The first-order valence-corrected chi connectivity index (χ1v) is 4.71. The van der Waals surface area contributed by atoms with Gasteiger partial charge >= 0.3 is 5.69 Å². The Morgan fingerprint density at radius 1 is 1.69 bits per heavy atom. The summed E-state index contributed by atoms with van der Waals surface area (Å²) in [6.45, 7) is 2.55. The zero-order valence-electron chi connectivity index (χ0n) is 8.60. The van der Waals surface area contributed by atoms with E-state index in [4.69, 9.17) is 9.47 Å². The van der Waals surface area contributed by atoms with E-state index in [9.17, 15) is 14.5 Å². The lowest BCUT2D eigenvalue weighted by molar-refractivity contribution is -0.386. The lowest BCUT2D eigenvalue weighted by Crippen LogP contribution is -2.17. The summed E-state index contributed by atoms with van der Waals surface area (Å²) in [4.78, 5) is 10.0. The van der Waals surface area contributed by atoms with Crippen molar-refractivity contribution in [3.8, 4) is 5.75 Å². The van der Waals surface area contributed by atoms with Crippen LogP contribution in [0.3, 0.4) is 0 Å². The molecule has 0 bridgehead atoms.